The first-order valence-electron chi connectivity index (χ1n) is 8.04. The van der Waals surface area contributed by atoms with Gasteiger partial charge in [-0.25, -0.2) is 4.39 Å². The van der Waals surface area contributed by atoms with Gasteiger partial charge in [-0.05, 0) is 50.0 Å². The fraction of sp³-hybridized carbons (Fsp3) is 0.529. The Morgan fingerprint density at radius 3 is 2.68 bits per heavy atom. The molecule has 0 spiro atoms. The van der Waals surface area contributed by atoms with E-state index in [1.807, 2.05) is 0 Å². The van der Waals surface area contributed by atoms with E-state index in [1.165, 1.54) is 12.1 Å². The van der Waals surface area contributed by atoms with Crippen LogP contribution in [-0.2, 0) is 9.53 Å². The van der Waals surface area contributed by atoms with Crippen LogP contribution in [0.15, 0.2) is 18.2 Å². The fourth-order valence-electron chi connectivity index (χ4n) is 2.64. The number of carboxylic acid groups (broad SMARTS) is 1. The first kappa shape index (κ1) is 21.3. The van der Waals surface area contributed by atoms with Crippen molar-refractivity contribution < 1.29 is 23.8 Å². The maximum atomic E-state index is 13.0. The number of ether oxygens (including phenoxy) is 1. The van der Waals surface area contributed by atoms with Crippen molar-refractivity contribution in [3.63, 3.8) is 0 Å². The average molecular weight is 375 g/mol. The van der Waals surface area contributed by atoms with E-state index in [9.17, 15) is 9.18 Å². The molecule has 0 unspecified atom stereocenters. The van der Waals surface area contributed by atoms with Crippen molar-refractivity contribution in [3.8, 4) is 0 Å². The summed E-state index contributed by atoms with van der Waals surface area (Å²) in [5.41, 5.74) is 0.320. The van der Waals surface area contributed by atoms with Crippen LogP contribution >= 0.6 is 11.6 Å². The molecule has 1 fully saturated rings. The molecule has 6 nitrogen and oxygen atoms in total. The van der Waals surface area contributed by atoms with Gasteiger partial charge in [0.25, 0.3) is 12.4 Å². The summed E-state index contributed by atoms with van der Waals surface area (Å²) in [4.78, 5) is 22.8. The molecule has 1 aromatic carbocycles. The van der Waals surface area contributed by atoms with Gasteiger partial charge in [-0.15, -0.1) is 0 Å². The van der Waals surface area contributed by atoms with Gasteiger partial charge in [0.15, 0.2) is 0 Å². The van der Waals surface area contributed by atoms with Crippen LogP contribution in [-0.4, -0.2) is 62.3 Å². The molecular weight excluding hydrogens is 351 g/mol. The second kappa shape index (κ2) is 11.8. The number of amides is 1. The molecule has 0 aliphatic carbocycles. The van der Waals surface area contributed by atoms with Gasteiger partial charge in [-0.3, -0.25) is 9.59 Å². The largest absolute Gasteiger partial charge is 0.483 e. The number of hydrogen-bond donors (Lipinski definition) is 2. The predicted molar refractivity (Wildman–Crippen MR) is 93.5 cm³/mol. The molecule has 1 aromatic rings. The van der Waals surface area contributed by atoms with Crippen LogP contribution in [0.5, 0.6) is 0 Å². The van der Waals surface area contributed by atoms with E-state index in [0.717, 1.165) is 45.1 Å². The van der Waals surface area contributed by atoms with Crippen LogP contribution in [0.2, 0.25) is 5.02 Å². The van der Waals surface area contributed by atoms with E-state index in [-0.39, 0.29) is 17.4 Å². The van der Waals surface area contributed by atoms with E-state index < -0.39 is 5.82 Å². The monoisotopic (exact) mass is 374 g/mol. The van der Waals surface area contributed by atoms with Gasteiger partial charge in [0.2, 0.25) is 0 Å². The van der Waals surface area contributed by atoms with Gasteiger partial charge >= 0.3 is 0 Å². The summed E-state index contributed by atoms with van der Waals surface area (Å²) < 4.78 is 18.1. The Morgan fingerprint density at radius 1 is 1.48 bits per heavy atom. The number of nitrogens with one attached hydrogen (secondary N) is 1. The number of methoxy groups -OCH3 is 1. The number of rotatable bonds is 6. The van der Waals surface area contributed by atoms with E-state index >= 15 is 0 Å². The Morgan fingerprint density at radius 2 is 2.12 bits per heavy atom. The number of carbonyl (C=O) groups is 2. The third-order valence-corrected chi connectivity index (χ3v) is 4.36. The molecule has 1 aliphatic heterocycles. The number of carbonyl (C=O) groups excluding carboxylic acids is 1. The summed E-state index contributed by atoms with van der Waals surface area (Å²) in [5, 5.41) is 9.93. The minimum atomic E-state index is -0.440. The van der Waals surface area contributed by atoms with Gasteiger partial charge in [0.05, 0.1) is 17.2 Å². The molecule has 2 rings (SSSR count). The van der Waals surface area contributed by atoms with Gasteiger partial charge in [-0.2, -0.15) is 0 Å². The number of hydrogen-bond acceptors (Lipinski definition) is 4. The molecule has 0 saturated carbocycles. The second-order valence-electron chi connectivity index (χ2n) is 5.72. The maximum absolute atomic E-state index is 13.0. The lowest BCUT2D eigenvalue weighted by atomic mass is 9.96. The highest BCUT2D eigenvalue weighted by Gasteiger charge is 2.20. The lowest BCUT2D eigenvalue weighted by molar-refractivity contribution is -0.122. The standard InChI is InChI=1S/C16H22ClFN2O2.CH2O2/c1-22-9-8-20-6-4-12(5-7-20)11-19-16(21)14-3-2-13(18)10-15(14)17;2-1-3/h2-3,10,12H,4-9,11H2,1H3,(H,19,21);1H,(H,2,3). The molecule has 1 heterocycles. The lowest BCUT2D eigenvalue weighted by Crippen LogP contribution is -2.39. The van der Waals surface area contributed by atoms with Crippen LogP contribution in [0.1, 0.15) is 23.2 Å². The van der Waals surface area contributed by atoms with Crippen molar-refractivity contribution in [2.45, 2.75) is 12.8 Å². The van der Waals surface area contributed by atoms with E-state index in [1.54, 1.807) is 7.11 Å². The summed E-state index contributed by atoms with van der Waals surface area (Å²) in [6, 6.07) is 3.82. The Balaban J connectivity index is 0.000000970. The first-order chi connectivity index (χ1) is 12.0. The summed E-state index contributed by atoms with van der Waals surface area (Å²) >= 11 is 5.89. The quantitative estimate of drug-likeness (QED) is 0.747. The topological polar surface area (TPSA) is 78.9 Å². The van der Waals surface area contributed by atoms with Gasteiger partial charge in [0.1, 0.15) is 5.82 Å². The normalized spacial score (nSPS) is 15.2. The Labute approximate surface area is 151 Å². The van der Waals surface area contributed by atoms with E-state index in [2.05, 4.69) is 10.2 Å². The summed E-state index contributed by atoms with van der Waals surface area (Å²) in [5.74, 6) is -0.209. The SMILES string of the molecule is COCCN1CCC(CNC(=O)c2ccc(F)cc2Cl)CC1.O=CO. The molecule has 0 atom stereocenters. The van der Waals surface area contributed by atoms with Gasteiger partial charge in [-0.1, -0.05) is 11.6 Å². The summed E-state index contributed by atoms with van der Waals surface area (Å²) in [7, 11) is 1.71. The van der Waals surface area contributed by atoms with Gasteiger partial charge < -0.3 is 20.1 Å². The minimum Gasteiger partial charge on any atom is -0.483 e. The average Bonchev–Trinajstić information content (AvgIpc) is 2.59. The van der Waals surface area contributed by atoms with Crippen molar-refractivity contribution in [3.05, 3.63) is 34.6 Å². The highest BCUT2D eigenvalue weighted by atomic mass is 35.5. The molecule has 1 amide bonds. The van der Waals surface area contributed by atoms with Crippen LogP contribution in [0.4, 0.5) is 4.39 Å². The van der Waals surface area contributed by atoms with Crippen molar-refractivity contribution in [2.75, 3.05) is 39.9 Å². The molecular formula is C17H24ClFN2O4. The molecule has 25 heavy (non-hydrogen) atoms. The summed E-state index contributed by atoms with van der Waals surface area (Å²) in [6.45, 7) is 4.15. The fourth-order valence-corrected chi connectivity index (χ4v) is 2.89. The van der Waals surface area contributed by atoms with Crippen LogP contribution in [0.25, 0.3) is 0 Å². The number of benzene rings is 1. The number of nitrogens with zero attached hydrogens (tertiary/aromatic N) is 1. The molecule has 0 radical (unpaired) electrons. The maximum Gasteiger partial charge on any atom is 0.290 e. The number of likely N-dealkylation sites (tertiary alicyclic amines) is 1. The molecule has 0 aromatic heterocycles. The number of piperidine rings is 1. The smallest absolute Gasteiger partial charge is 0.290 e. The molecule has 2 N–H and O–H groups in total. The van der Waals surface area contributed by atoms with Crippen molar-refractivity contribution in [1.29, 1.82) is 0 Å². The Hall–Kier alpha value is -1.70. The first-order valence-corrected chi connectivity index (χ1v) is 8.42. The third-order valence-electron chi connectivity index (χ3n) is 4.05. The van der Waals surface area contributed by atoms with E-state index in [0.29, 0.717) is 18.0 Å². The third kappa shape index (κ3) is 7.81. The van der Waals surface area contributed by atoms with Crippen molar-refractivity contribution in [1.82, 2.24) is 10.2 Å². The molecule has 8 heteroatoms. The molecule has 1 saturated heterocycles. The molecule has 0 bridgehead atoms. The number of halogens is 2. The Kier molecular flexibility index (Phi) is 10.1. The zero-order valence-electron chi connectivity index (χ0n) is 14.2. The van der Waals surface area contributed by atoms with Crippen LogP contribution in [0, 0.1) is 11.7 Å². The summed E-state index contributed by atoms with van der Waals surface area (Å²) in [6.07, 6.45) is 2.11. The van der Waals surface area contributed by atoms with E-state index in [4.69, 9.17) is 26.2 Å². The molecule has 1 aliphatic rings. The zero-order valence-corrected chi connectivity index (χ0v) is 15.0. The van der Waals surface area contributed by atoms with Crippen LogP contribution in [0.3, 0.4) is 0 Å². The zero-order chi connectivity index (χ0) is 18.7. The van der Waals surface area contributed by atoms with Crippen molar-refractivity contribution in [2.24, 2.45) is 5.92 Å². The molecule has 140 valence electrons. The second-order valence-corrected chi connectivity index (χ2v) is 6.12. The highest BCUT2D eigenvalue weighted by molar-refractivity contribution is 6.33. The Bertz CT molecular complexity index is 551. The highest BCUT2D eigenvalue weighted by Crippen LogP contribution is 2.19. The van der Waals surface area contributed by atoms with Gasteiger partial charge in [0, 0.05) is 20.2 Å². The predicted octanol–water partition coefficient (Wildman–Crippen LogP) is 2.27. The van der Waals surface area contributed by atoms with Crippen molar-refractivity contribution >= 4 is 24.0 Å². The lowest BCUT2D eigenvalue weighted by Gasteiger charge is -2.31. The van der Waals surface area contributed by atoms with Crippen LogP contribution < -0.4 is 5.32 Å². The minimum absolute atomic E-state index is 0.145.